The van der Waals surface area contributed by atoms with E-state index in [4.69, 9.17) is 5.73 Å². The molecule has 1 aromatic heterocycles. The second-order valence-corrected chi connectivity index (χ2v) is 5.94. The highest BCUT2D eigenvalue weighted by atomic mass is 16.3. The van der Waals surface area contributed by atoms with Crippen LogP contribution in [0.5, 0.6) is 0 Å². The lowest BCUT2D eigenvalue weighted by atomic mass is 9.96. The van der Waals surface area contributed by atoms with E-state index in [0.717, 1.165) is 11.0 Å². The summed E-state index contributed by atoms with van der Waals surface area (Å²) in [6.07, 6.45) is 2.57. The van der Waals surface area contributed by atoms with Crippen LogP contribution in [0.3, 0.4) is 0 Å². The molecule has 0 fully saturated rings. The van der Waals surface area contributed by atoms with Crippen LogP contribution in [0.4, 0.5) is 0 Å². The number of hydrogen-bond acceptors (Lipinski definition) is 3. The summed E-state index contributed by atoms with van der Waals surface area (Å²) in [5, 5.41) is 9.28. The second kappa shape index (κ2) is 4.94. The van der Waals surface area contributed by atoms with Gasteiger partial charge >= 0.3 is 0 Å². The number of rotatable bonds is 4. The van der Waals surface area contributed by atoms with E-state index in [0.29, 0.717) is 6.42 Å². The molecule has 1 heterocycles. The quantitative estimate of drug-likeness (QED) is 0.887. The molecule has 0 saturated carbocycles. The molecule has 19 heavy (non-hydrogen) atoms. The number of aromatic nitrogens is 2. The molecule has 2 aromatic rings. The fourth-order valence-electron chi connectivity index (χ4n) is 2.47. The van der Waals surface area contributed by atoms with E-state index in [1.165, 1.54) is 11.1 Å². The average molecular weight is 261 g/mol. The summed E-state index contributed by atoms with van der Waals surface area (Å²) in [4.78, 5) is 4.46. The molecular weight excluding hydrogens is 238 g/mol. The molecule has 0 spiro atoms. The van der Waals surface area contributed by atoms with Gasteiger partial charge in [-0.25, -0.2) is 4.98 Å². The number of imidazole rings is 1. The molecule has 4 nitrogen and oxygen atoms in total. The fourth-order valence-corrected chi connectivity index (χ4v) is 2.47. The molecule has 104 valence electrons. The van der Waals surface area contributed by atoms with E-state index in [1.807, 2.05) is 13.3 Å². The molecule has 0 amide bonds. The number of fused-ring (bicyclic) bond motifs is 1. The fraction of sp³-hybridized carbons (Fsp3) is 0.533. The third kappa shape index (κ3) is 2.80. The Kier molecular flexibility index (Phi) is 3.65. The van der Waals surface area contributed by atoms with Gasteiger partial charge in [-0.3, -0.25) is 0 Å². The molecule has 1 aromatic carbocycles. The Labute approximate surface area is 114 Å². The van der Waals surface area contributed by atoms with Gasteiger partial charge in [0.05, 0.1) is 24.0 Å². The first kappa shape index (κ1) is 14.0. The van der Waals surface area contributed by atoms with Crippen molar-refractivity contribution in [3.63, 3.8) is 0 Å². The highest BCUT2D eigenvalue weighted by Crippen LogP contribution is 2.25. The number of aliphatic hydroxyl groups excluding tert-OH is 1. The molecule has 0 aliphatic rings. The molecule has 3 N–H and O–H groups in total. The van der Waals surface area contributed by atoms with Crippen LogP contribution in [-0.4, -0.2) is 26.8 Å². The summed E-state index contributed by atoms with van der Waals surface area (Å²) in [6.45, 7) is 8.18. The lowest BCUT2D eigenvalue weighted by Gasteiger charge is -2.26. The van der Waals surface area contributed by atoms with Gasteiger partial charge in [-0.05, 0) is 57.4 Å². The van der Waals surface area contributed by atoms with E-state index in [-0.39, 0.29) is 12.6 Å². The number of aryl methyl sites for hydroxylation is 2. The van der Waals surface area contributed by atoms with Gasteiger partial charge in [0, 0.05) is 11.6 Å². The highest BCUT2D eigenvalue weighted by Gasteiger charge is 2.22. The van der Waals surface area contributed by atoms with Crippen molar-refractivity contribution in [1.29, 1.82) is 0 Å². The van der Waals surface area contributed by atoms with Crippen molar-refractivity contribution >= 4 is 11.0 Å². The lowest BCUT2D eigenvalue weighted by molar-refractivity contribution is 0.186. The van der Waals surface area contributed by atoms with Crippen molar-refractivity contribution in [2.45, 2.75) is 45.7 Å². The van der Waals surface area contributed by atoms with Crippen molar-refractivity contribution in [2.24, 2.45) is 5.73 Å². The first-order valence-corrected chi connectivity index (χ1v) is 6.67. The number of aliphatic hydroxyl groups is 1. The van der Waals surface area contributed by atoms with Crippen LogP contribution in [0.1, 0.15) is 37.4 Å². The van der Waals surface area contributed by atoms with Gasteiger partial charge in [0.1, 0.15) is 0 Å². The maximum Gasteiger partial charge on any atom is 0.0960 e. The zero-order valence-corrected chi connectivity index (χ0v) is 12.1. The normalized spacial score (nSPS) is 16.5. The van der Waals surface area contributed by atoms with Crippen LogP contribution >= 0.6 is 0 Å². The van der Waals surface area contributed by atoms with E-state index in [2.05, 4.69) is 42.5 Å². The molecule has 0 bridgehead atoms. The molecule has 0 aliphatic heterocycles. The summed E-state index contributed by atoms with van der Waals surface area (Å²) < 4.78 is 2.14. The second-order valence-electron chi connectivity index (χ2n) is 5.94. The Hall–Kier alpha value is -1.39. The standard InChI is InChI=1S/C15H23N3O/c1-10-5-13-14(6-11(10)2)18(9-17-13)12(3)7-15(4,16)8-19/h5-6,9,12,19H,7-8,16H2,1-4H3. The van der Waals surface area contributed by atoms with Crippen molar-refractivity contribution in [3.8, 4) is 0 Å². The SMILES string of the molecule is Cc1cc2ncn(C(C)CC(C)(N)CO)c2cc1C. The molecule has 0 radical (unpaired) electrons. The van der Waals surface area contributed by atoms with Gasteiger partial charge in [0.25, 0.3) is 0 Å². The maximum absolute atomic E-state index is 9.28. The molecule has 4 heteroatoms. The van der Waals surface area contributed by atoms with Crippen LogP contribution in [0, 0.1) is 13.8 Å². The summed E-state index contributed by atoms with van der Waals surface area (Å²) in [7, 11) is 0. The van der Waals surface area contributed by atoms with E-state index < -0.39 is 5.54 Å². The third-order valence-electron chi connectivity index (χ3n) is 3.79. The Balaban J connectivity index is 2.38. The van der Waals surface area contributed by atoms with E-state index >= 15 is 0 Å². The number of hydrogen-bond donors (Lipinski definition) is 2. The van der Waals surface area contributed by atoms with Crippen molar-refractivity contribution in [1.82, 2.24) is 9.55 Å². The van der Waals surface area contributed by atoms with Crippen molar-refractivity contribution in [2.75, 3.05) is 6.61 Å². The van der Waals surface area contributed by atoms with Crippen LogP contribution in [0.25, 0.3) is 11.0 Å². The van der Waals surface area contributed by atoms with E-state index in [1.54, 1.807) is 0 Å². The molecule has 2 unspecified atom stereocenters. The average Bonchev–Trinajstić information content (AvgIpc) is 2.72. The minimum atomic E-state index is -0.560. The van der Waals surface area contributed by atoms with Crippen LogP contribution in [0.2, 0.25) is 0 Å². The molecular formula is C15H23N3O. The minimum absolute atomic E-state index is 0.0118. The molecule has 2 rings (SSSR count). The first-order chi connectivity index (χ1) is 8.84. The van der Waals surface area contributed by atoms with Gasteiger partial charge in [-0.1, -0.05) is 0 Å². The van der Waals surface area contributed by atoms with Gasteiger partial charge in [-0.15, -0.1) is 0 Å². The van der Waals surface area contributed by atoms with Crippen molar-refractivity contribution in [3.05, 3.63) is 29.6 Å². The summed E-state index contributed by atoms with van der Waals surface area (Å²) >= 11 is 0. The number of nitrogens with two attached hydrogens (primary N) is 1. The Morgan fingerprint density at radius 2 is 2.00 bits per heavy atom. The summed E-state index contributed by atoms with van der Waals surface area (Å²) in [5.41, 5.74) is 10.1. The van der Waals surface area contributed by atoms with Crippen LogP contribution in [-0.2, 0) is 0 Å². The Morgan fingerprint density at radius 3 is 2.63 bits per heavy atom. The zero-order valence-electron chi connectivity index (χ0n) is 12.1. The minimum Gasteiger partial charge on any atom is -0.394 e. The monoisotopic (exact) mass is 261 g/mol. The summed E-state index contributed by atoms with van der Waals surface area (Å²) in [6, 6.07) is 4.48. The third-order valence-corrected chi connectivity index (χ3v) is 3.79. The zero-order chi connectivity index (χ0) is 14.2. The Bertz CT molecular complexity index is 586. The molecule has 0 aliphatic carbocycles. The highest BCUT2D eigenvalue weighted by molar-refractivity contribution is 5.77. The first-order valence-electron chi connectivity index (χ1n) is 6.67. The van der Waals surface area contributed by atoms with Crippen LogP contribution in [0.15, 0.2) is 18.5 Å². The van der Waals surface area contributed by atoms with Gasteiger partial charge in [0.15, 0.2) is 0 Å². The molecule has 2 atom stereocenters. The van der Waals surface area contributed by atoms with Gasteiger partial charge < -0.3 is 15.4 Å². The molecule has 0 saturated heterocycles. The maximum atomic E-state index is 9.28. The van der Waals surface area contributed by atoms with Crippen molar-refractivity contribution < 1.29 is 5.11 Å². The van der Waals surface area contributed by atoms with Gasteiger partial charge in [-0.2, -0.15) is 0 Å². The topological polar surface area (TPSA) is 64.1 Å². The number of benzene rings is 1. The lowest BCUT2D eigenvalue weighted by Crippen LogP contribution is -2.41. The Morgan fingerprint density at radius 1 is 1.37 bits per heavy atom. The summed E-state index contributed by atoms with van der Waals surface area (Å²) in [5.74, 6) is 0. The predicted octanol–water partition coefficient (Wildman–Crippen LogP) is 2.31. The van der Waals surface area contributed by atoms with Gasteiger partial charge in [0.2, 0.25) is 0 Å². The predicted molar refractivity (Wildman–Crippen MR) is 78.2 cm³/mol. The smallest absolute Gasteiger partial charge is 0.0960 e. The van der Waals surface area contributed by atoms with E-state index in [9.17, 15) is 5.11 Å². The van der Waals surface area contributed by atoms with Crippen LogP contribution < -0.4 is 5.73 Å². The number of nitrogens with zero attached hydrogens (tertiary/aromatic N) is 2. The largest absolute Gasteiger partial charge is 0.394 e.